The average Bonchev–Trinajstić information content (AvgIpc) is 2.93. The van der Waals surface area contributed by atoms with Gasteiger partial charge >= 0.3 is 0 Å². The Morgan fingerprint density at radius 2 is 2.05 bits per heavy atom. The van der Waals surface area contributed by atoms with E-state index in [1.165, 1.54) is 17.2 Å². The van der Waals surface area contributed by atoms with Crippen LogP contribution in [0, 0.1) is 17.0 Å². The normalized spacial score (nSPS) is 13.0. The van der Waals surface area contributed by atoms with E-state index >= 15 is 0 Å². The first-order valence-corrected chi connectivity index (χ1v) is 6.94. The van der Waals surface area contributed by atoms with Gasteiger partial charge in [0.1, 0.15) is 5.69 Å². The van der Waals surface area contributed by atoms with Crippen molar-refractivity contribution in [2.24, 2.45) is 0 Å². The minimum atomic E-state index is -0.345. The number of nitrogens with zero attached hydrogens (tertiary/aromatic N) is 1. The summed E-state index contributed by atoms with van der Waals surface area (Å²) < 4.78 is 0. The van der Waals surface area contributed by atoms with Gasteiger partial charge in [0.15, 0.2) is 0 Å². The number of nitro benzene ring substituents is 1. The summed E-state index contributed by atoms with van der Waals surface area (Å²) in [7, 11) is 0. The molecule has 0 amide bonds. The van der Waals surface area contributed by atoms with Crippen LogP contribution in [0.4, 0.5) is 11.4 Å². The molecule has 0 atom stereocenters. The molecule has 1 aliphatic heterocycles. The Labute approximate surface area is 123 Å². The number of nitro groups is 1. The van der Waals surface area contributed by atoms with Crippen LogP contribution < -0.4 is 10.6 Å². The molecule has 0 saturated carbocycles. The van der Waals surface area contributed by atoms with E-state index in [9.17, 15) is 10.1 Å². The summed E-state index contributed by atoms with van der Waals surface area (Å²) in [4.78, 5) is 10.8. The van der Waals surface area contributed by atoms with Gasteiger partial charge in [-0.25, -0.2) is 0 Å². The van der Waals surface area contributed by atoms with E-state index < -0.39 is 0 Å². The summed E-state index contributed by atoms with van der Waals surface area (Å²) in [6.07, 6.45) is 0. The predicted octanol–water partition coefficient (Wildman–Crippen LogP) is 3.12. The number of benzene rings is 2. The first-order valence-electron chi connectivity index (χ1n) is 6.94. The van der Waals surface area contributed by atoms with Gasteiger partial charge in [0, 0.05) is 25.7 Å². The third kappa shape index (κ3) is 2.73. The lowest BCUT2D eigenvalue weighted by molar-refractivity contribution is -0.384. The van der Waals surface area contributed by atoms with Gasteiger partial charge in [0.2, 0.25) is 0 Å². The smallest absolute Gasteiger partial charge is 0.292 e. The van der Waals surface area contributed by atoms with Gasteiger partial charge in [0.25, 0.3) is 5.69 Å². The molecule has 5 nitrogen and oxygen atoms in total. The highest BCUT2D eigenvalue weighted by Gasteiger charge is 2.15. The zero-order chi connectivity index (χ0) is 14.8. The van der Waals surface area contributed by atoms with E-state index in [0.717, 1.165) is 24.2 Å². The summed E-state index contributed by atoms with van der Waals surface area (Å²) >= 11 is 0. The molecule has 2 aromatic carbocycles. The van der Waals surface area contributed by atoms with Crippen LogP contribution in [0.1, 0.15) is 22.3 Å². The molecule has 0 unspecified atom stereocenters. The van der Waals surface area contributed by atoms with Crippen LogP contribution in [0.2, 0.25) is 0 Å². The lowest BCUT2D eigenvalue weighted by atomic mass is 10.1. The van der Waals surface area contributed by atoms with Crippen LogP contribution in [0.25, 0.3) is 0 Å². The molecule has 2 aromatic rings. The molecule has 5 heteroatoms. The highest BCUT2D eigenvalue weighted by atomic mass is 16.6. The Hall–Kier alpha value is -2.40. The van der Waals surface area contributed by atoms with Crippen LogP contribution in [0.5, 0.6) is 0 Å². The van der Waals surface area contributed by atoms with E-state index in [2.05, 4.69) is 28.8 Å². The first kappa shape index (κ1) is 13.6. The topological polar surface area (TPSA) is 67.2 Å². The Bertz CT molecular complexity index is 698. The molecule has 0 fully saturated rings. The fraction of sp³-hybridized carbons (Fsp3) is 0.250. The van der Waals surface area contributed by atoms with Crippen molar-refractivity contribution in [3.05, 3.63) is 68.8 Å². The van der Waals surface area contributed by atoms with Crippen molar-refractivity contribution < 1.29 is 4.92 Å². The zero-order valence-corrected chi connectivity index (χ0v) is 11.8. The molecule has 0 radical (unpaired) electrons. The van der Waals surface area contributed by atoms with Crippen molar-refractivity contribution in [2.75, 3.05) is 5.32 Å². The predicted molar refractivity (Wildman–Crippen MR) is 82.1 cm³/mol. The van der Waals surface area contributed by atoms with Gasteiger partial charge in [-0.15, -0.1) is 0 Å². The Morgan fingerprint density at radius 1 is 1.24 bits per heavy atom. The van der Waals surface area contributed by atoms with Crippen molar-refractivity contribution in [3.8, 4) is 0 Å². The monoisotopic (exact) mass is 283 g/mol. The molecule has 0 aromatic heterocycles. The first-order chi connectivity index (χ1) is 10.1. The van der Waals surface area contributed by atoms with Crippen LogP contribution in [0.15, 0.2) is 36.4 Å². The number of fused-ring (bicyclic) bond motifs is 1. The van der Waals surface area contributed by atoms with E-state index in [1.807, 2.05) is 13.0 Å². The second-order valence-electron chi connectivity index (χ2n) is 5.29. The number of hydrogen-bond acceptors (Lipinski definition) is 4. The number of aryl methyl sites for hydroxylation is 1. The number of para-hydroxylation sites is 1. The van der Waals surface area contributed by atoms with Crippen molar-refractivity contribution in [3.63, 3.8) is 0 Å². The van der Waals surface area contributed by atoms with E-state index in [0.29, 0.717) is 12.2 Å². The number of nitrogens with one attached hydrogen (secondary N) is 2. The molecule has 0 saturated heterocycles. The lowest BCUT2D eigenvalue weighted by Gasteiger charge is -2.11. The van der Waals surface area contributed by atoms with Gasteiger partial charge in [-0.3, -0.25) is 10.1 Å². The summed E-state index contributed by atoms with van der Waals surface area (Å²) in [6, 6.07) is 11.5. The third-order valence-corrected chi connectivity index (χ3v) is 3.82. The maximum absolute atomic E-state index is 11.1. The minimum Gasteiger partial charge on any atom is -0.375 e. The molecule has 1 aliphatic rings. The third-order valence-electron chi connectivity index (χ3n) is 3.82. The SMILES string of the molecule is Cc1cccc([N+](=O)[O-])c1NCc1ccc2c(c1)CNC2. The highest BCUT2D eigenvalue weighted by molar-refractivity contribution is 5.66. The van der Waals surface area contributed by atoms with Crippen LogP contribution in [-0.4, -0.2) is 4.92 Å². The molecule has 21 heavy (non-hydrogen) atoms. The second kappa shape index (κ2) is 5.54. The Morgan fingerprint density at radius 3 is 2.86 bits per heavy atom. The van der Waals surface area contributed by atoms with Crippen LogP contribution >= 0.6 is 0 Å². The van der Waals surface area contributed by atoms with Gasteiger partial charge < -0.3 is 10.6 Å². The maximum atomic E-state index is 11.1. The fourth-order valence-corrected chi connectivity index (χ4v) is 2.68. The average molecular weight is 283 g/mol. The van der Waals surface area contributed by atoms with Crippen LogP contribution in [0.3, 0.4) is 0 Å². The van der Waals surface area contributed by atoms with Crippen molar-refractivity contribution in [1.29, 1.82) is 0 Å². The fourth-order valence-electron chi connectivity index (χ4n) is 2.68. The van der Waals surface area contributed by atoms with Crippen molar-refractivity contribution in [2.45, 2.75) is 26.6 Å². The number of hydrogen-bond donors (Lipinski definition) is 2. The second-order valence-corrected chi connectivity index (χ2v) is 5.29. The molecular weight excluding hydrogens is 266 g/mol. The lowest BCUT2D eigenvalue weighted by Crippen LogP contribution is -2.05. The zero-order valence-electron chi connectivity index (χ0n) is 11.8. The largest absolute Gasteiger partial charge is 0.375 e. The summed E-state index contributed by atoms with van der Waals surface area (Å²) in [6.45, 7) is 4.28. The quantitative estimate of drug-likeness (QED) is 0.668. The molecule has 3 rings (SSSR count). The molecule has 108 valence electrons. The minimum absolute atomic E-state index is 0.123. The van der Waals surface area contributed by atoms with Gasteiger partial charge in [-0.05, 0) is 29.2 Å². The van der Waals surface area contributed by atoms with Gasteiger partial charge in [-0.1, -0.05) is 30.3 Å². The number of rotatable bonds is 4. The molecule has 0 spiro atoms. The van der Waals surface area contributed by atoms with Gasteiger partial charge in [-0.2, -0.15) is 0 Å². The highest BCUT2D eigenvalue weighted by Crippen LogP contribution is 2.28. The van der Waals surface area contributed by atoms with E-state index in [4.69, 9.17) is 0 Å². The molecule has 1 heterocycles. The van der Waals surface area contributed by atoms with Crippen molar-refractivity contribution >= 4 is 11.4 Å². The Kier molecular flexibility index (Phi) is 3.58. The molecular formula is C16H17N3O2. The van der Waals surface area contributed by atoms with Crippen molar-refractivity contribution in [1.82, 2.24) is 5.32 Å². The summed E-state index contributed by atoms with van der Waals surface area (Å²) in [5, 5.41) is 17.6. The maximum Gasteiger partial charge on any atom is 0.292 e. The van der Waals surface area contributed by atoms with E-state index in [-0.39, 0.29) is 10.6 Å². The standard InChI is InChI=1S/C16H17N3O2/c1-11-3-2-4-15(19(20)21)16(11)18-8-12-5-6-13-9-17-10-14(13)7-12/h2-7,17-18H,8-10H2,1H3. The summed E-state index contributed by atoms with van der Waals surface area (Å²) in [5.74, 6) is 0. The van der Waals surface area contributed by atoms with Gasteiger partial charge in [0.05, 0.1) is 4.92 Å². The molecule has 0 bridgehead atoms. The van der Waals surface area contributed by atoms with Crippen LogP contribution in [-0.2, 0) is 19.6 Å². The Balaban J connectivity index is 1.80. The summed E-state index contributed by atoms with van der Waals surface area (Å²) in [5.41, 5.74) is 5.38. The molecule has 2 N–H and O–H groups in total. The number of anilines is 1. The molecule has 0 aliphatic carbocycles. The van der Waals surface area contributed by atoms with E-state index in [1.54, 1.807) is 6.07 Å².